The third kappa shape index (κ3) is 4.27. The van der Waals surface area contributed by atoms with Crippen LogP contribution in [0.3, 0.4) is 0 Å². The average molecular weight is 302 g/mol. The quantitative estimate of drug-likeness (QED) is 0.814. The molecule has 3 N–H and O–H groups in total. The van der Waals surface area contributed by atoms with Gasteiger partial charge in [-0.1, -0.05) is 6.07 Å². The molecule has 0 unspecified atom stereocenters. The number of anilines is 3. The Bertz CT molecular complexity index is 701. The molecule has 0 spiro atoms. The van der Waals surface area contributed by atoms with E-state index in [1.165, 1.54) is 19.1 Å². The lowest BCUT2D eigenvalue weighted by atomic mass is 10.2. The van der Waals surface area contributed by atoms with Gasteiger partial charge in [-0.05, 0) is 36.8 Å². The van der Waals surface area contributed by atoms with Gasteiger partial charge in [-0.2, -0.15) is 0 Å². The Balaban J connectivity index is 2.05. The molecule has 1 aromatic carbocycles. The van der Waals surface area contributed by atoms with Crippen LogP contribution >= 0.6 is 0 Å². The average Bonchev–Trinajstić information content (AvgIpc) is 2.44. The summed E-state index contributed by atoms with van der Waals surface area (Å²) in [5.74, 6) is -0.447. The third-order valence-corrected chi connectivity index (χ3v) is 2.78. The van der Waals surface area contributed by atoms with Crippen molar-refractivity contribution in [2.75, 3.05) is 16.0 Å². The molecule has 2 aromatic rings. The topological polar surface area (TPSA) is 83.1 Å². The second-order valence-corrected chi connectivity index (χ2v) is 4.65. The molecular formula is C15H15FN4O2. The lowest BCUT2D eigenvalue weighted by Crippen LogP contribution is -2.20. The fraction of sp³-hybridized carbons (Fsp3) is 0.133. The third-order valence-electron chi connectivity index (χ3n) is 2.78. The van der Waals surface area contributed by atoms with Crippen LogP contribution in [0.5, 0.6) is 0 Å². The first-order chi connectivity index (χ1) is 10.4. The minimum Gasteiger partial charge on any atom is -0.326 e. The summed E-state index contributed by atoms with van der Waals surface area (Å²) in [6.07, 6.45) is 1.01. The number of aromatic nitrogens is 1. The van der Waals surface area contributed by atoms with E-state index >= 15 is 0 Å². The van der Waals surface area contributed by atoms with Crippen molar-refractivity contribution in [1.82, 2.24) is 4.98 Å². The van der Waals surface area contributed by atoms with Crippen LogP contribution in [0.25, 0.3) is 0 Å². The van der Waals surface area contributed by atoms with Crippen molar-refractivity contribution in [1.29, 1.82) is 0 Å². The van der Waals surface area contributed by atoms with E-state index in [0.29, 0.717) is 11.4 Å². The minimum absolute atomic E-state index is 0.194. The minimum atomic E-state index is -0.517. The molecular weight excluding hydrogens is 287 g/mol. The Morgan fingerprint density at radius 2 is 1.86 bits per heavy atom. The summed E-state index contributed by atoms with van der Waals surface area (Å²) in [5.41, 5.74) is 2.00. The Labute approximate surface area is 126 Å². The molecule has 0 aliphatic rings. The van der Waals surface area contributed by atoms with Gasteiger partial charge in [0.15, 0.2) is 0 Å². The summed E-state index contributed by atoms with van der Waals surface area (Å²) >= 11 is 0. The Morgan fingerprint density at radius 1 is 1.09 bits per heavy atom. The fourth-order valence-electron chi connectivity index (χ4n) is 1.75. The molecule has 7 heteroatoms. The normalized spacial score (nSPS) is 9.95. The van der Waals surface area contributed by atoms with Gasteiger partial charge >= 0.3 is 6.03 Å². The molecule has 22 heavy (non-hydrogen) atoms. The molecule has 0 saturated heterocycles. The lowest BCUT2D eigenvalue weighted by Gasteiger charge is -2.11. The summed E-state index contributed by atoms with van der Waals surface area (Å²) in [5, 5.41) is 7.77. The highest BCUT2D eigenvalue weighted by Crippen LogP contribution is 2.20. The summed E-state index contributed by atoms with van der Waals surface area (Å²) in [6, 6.07) is 7.16. The predicted octanol–water partition coefficient (Wildman–Crippen LogP) is 3.13. The number of halogens is 1. The molecule has 0 aliphatic heterocycles. The van der Waals surface area contributed by atoms with Gasteiger partial charge in [0, 0.05) is 18.3 Å². The molecule has 0 fully saturated rings. The Morgan fingerprint density at radius 3 is 2.50 bits per heavy atom. The highest BCUT2D eigenvalue weighted by atomic mass is 19.1. The number of carbonyl (C=O) groups is 2. The zero-order valence-corrected chi connectivity index (χ0v) is 12.1. The van der Waals surface area contributed by atoms with Gasteiger partial charge in [0.25, 0.3) is 0 Å². The van der Waals surface area contributed by atoms with E-state index in [4.69, 9.17) is 0 Å². The van der Waals surface area contributed by atoms with E-state index in [-0.39, 0.29) is 11.7 Å². The molecule has 0 aliphatic carbocycles. The van der Waals surface area contributed by atoms with Crippen LogP contribution in [0, 0.1) is 12.7 Å². The highest BCUT2D eigenvalue weighted by Gasteiger charge is 2.06. The van der Waals surface area contributed by atoms with Crippen molar-refractivity contribution in [3.63, 3.8) is 0 Å². The summed E-state index contributed by atoms with van der Waals surface area (Å²) in [4.78, 5) is 26.7. The van der Waals surface area contributed by atoms with Crippen molar-refractivity contribution in [3.8, 4) is 0 Å². The number of pyridine rings is 1. The predicted molar refractivity (Wildman–Crippen MR) is 82.3 cm³/mol. The standard InChI is InChI=1S/C15H15FN4O2/c1-9-3-5-12(7-13(9)18-10(2)21)19-15(22)20-14-6-4-11(16)8-17-14/h3-8H,1-2H3,(H,18,21)(H2,17,19,20,22). The lowest BCUT2D eigenvalue weighted by molar-refractivity contribution is -0.114. The number of rotatable bonds is 3. The number of hydrogen-bond acceptors (Lipinski definition) is 3. The van der Waals surface area contributed by atoms with E-state index in [0.717, 1.165) is 11.8 Å². The van der Waals surface area contributed by atoms with E-state index in [1.54, 1.807) is 18.2 Å². The fourth-order valence-corrected chi connectivity index (χ4v) is 1.75. The number of aryl methyl sites for hydroxylation is 1. The number of benzene rings is 1. The molecule has 0 bridgehead atoms. The van der Waals surface area contributed by atoms with Gasteiger partial charge in [0.05, 0.1) is 6.20 Å². The van der Waals surface area contributed by atoms with E-state index < -0.39 is 11.8 Å². The van der Waals surface area contributed by atoms with Crippen molar-refractivity contribution < 1.29 is 14.0 Å². The number of urea groups is 1. The summed E-state index contributed by atoms with van der Waals surface area (Å²) in [7, 11) is 0. The van der Waals surface area contributed by atoms with Gasteiger partial charge in [-0.15, -0.1) is 0 Å². The maximum atomic E-state index is 12.7. The second-order valence-electron chi connectivity index (χ2n) is 4.65. The number of nitrogens with zero attached hydrogens (tertiary/aromatic N) is 1. The number of nitrogens with one attached hydrogen (secondary N) is 3. The molecule has 1 aromatic heterocycles. The van der Waals surface area contributed by atoms with E-state index in [1.807, 2.05) is 6.92 Å². The molecule has 1 heterocycles. The van der Waals surface area contributed by atoms with Crippen LogP contribution in [0.1, 0.15) is 12.5 Å². The maximum absolute atomic E-state index is 12.7. The van der Waals surface area contributed by atoms with Crippen LogP contribution in [-0.2, 0) is 4.79 Å². The number of carbonyl (C=O) groups excluding carboxylic acids is 2. The van der Waals surface area contributed by atoms with E-state index in [9.17, 15) is 14.0 Å². The molecule has 6 nitrogen and oxygen atoms in total. The van der Waals surface area contributed by atoms with Crippen LogP contribution in [0.4, 0.5) is 26.4 Å². The van der Waals surface area contributed by atoms with Crippen LogP contribution in [0.2, 0.25) is 0 Å². The first kappa shape index (κ1) is 15.4. The Kier molecular flexibility index (Phi) is 4.67. The maximum Gasteiger partial charge on any atom is 0.324 e. The second kappa shape index (κ2) is 6.66. The smallest absolute Gasteiger partial charge is 0.324 e. The number of hydrogen-bond donors (Lipinski definition) is 3. The zero-order chi connectivity index (χ0) is 16.1. The first-order valence-corrected chi connectivity index (χ1v) is 6.52. The zero-order valence-electron chi connectivity index (χ0n) is 12.1. The van der Waals surface area contributed by atoms with Gasteiger partial charge in [0.2, 0.25) is 5.91 Å². The summed E-state index contributed by atoms with van der Waals surface area (Å²) in [6.45, 7) is 3.25. The van der Waals surface area contributed by atoms with Crippen molar-refractivity contribution >= 4 is 29.1 Å². The van der Waals surface area contributed by atoms with Gasteiger partial charge in [0.1, 0.15) is 11.6 Å². The molecule has 0 atom stereocenters. The molecule has 114 valence electrons. The van der Waals surface area contributed by atoms with Crippen molar-refractivity contribution in [3.05, 3.63) is 47.9 Å². The van der Waals surface area contributed by atoms with Gasteiger partial charge < -0.3 is 10.6 Å². The van der Waals surface area contributed by atoms with Crippen molar-refractivity contribution in [2.45, 2.75) is 13.8 Å². The van der Waals surface area contributed by atoms with Crippen LogP contribution in [0.15, 0.2) is 36.5 Å². The van der Waals surface area contributed by atoms with Gasteiger partial charge in [-0.25, -0.2) is 14.2 Å². The molecule has 2 rings (SSSR count). The van der Waals surface area contributed by atoms with Crippen molar-refractivity contribution in [2.24, 2.45) is 0 Å². The van der Waals surface area contributed by atoms with Crippen LogP contribution in [-0.4, -0.2) is 16.9 Å². The van der Waals surface area contributed by atoms with E-state index in [2.05, 4.69) is 20.9 Å². The SMILES string of the molecule is CC(=O)Nc1cc(NC(=O)Nc2ccc(F)cn2)ccc1C. The molecule has 3 amide bonds. The number of amides is 3. The highest BCUT2D eigenvalue weighted by molar-refractivity contribution is 6.00. The van der Waals surface area contributed by atoms with Gasteiger partial charge in [-0.3, -0.25) is 10.1 Å². The molecule has 0 saturated carbocycles. The summed E-state index contributed by atoms with van der Waals surface area (Å²) < 4.78 is 12.7. The molecule has 0 radical (unpaired) electrons. The Hall–Kier alpha value is -2.96. The largest absolute Gasteiger partial charge is 0.326 e. The monoisotopic (exact) mass is 302 g/mol. The van der Waals surface area contributed by atoms with Crippen LogP contribution < -0.4 is 16.0 Å². The first-order valence-electron chi connectivity index (χ1n) is 6.52.